The molecule has 158 valence electrons. The Hall–Kier alpha value is -2.06. The van der Waals surface area contributed by atoms with Crippen LogP contribution in [0.5, 0.6) is 5.75 Å². The molecule has 0 saturated heterocycles. The lowest BCUT2D eigenvalue weighted by Crippen LogP contribution is -2.26. The van der Waals surface area contributed by atoms with Crippen molar-refractivity contribution in [2.75, 3.05) is 0 Å². The summed E-state index contributed by atoms with van der Waals surface area (Å²) < 4.78 is 0. The Balaban J connectivity index is 2.45. The van der Waals surface area contributed by atoms with Crippen LogP contribution in [0.4, 0.5) is 0 Å². The summed E-state index contributed by atoms with van der Waals surface area (Å²) >= 11 is 0. The molecule has 0 aliphatic heterocycles. The zero-order valence-corrected chi connectivity index (χ0v) is 19.0. The first-order chi connectivity index (χ1) is 13.7. The summed E-state index contributed by atoms with van der Waals surface area (Å²) in [4.78, 5) is 0. The van der Waals surface area contributed by atoms with E-state index in [9.17, 15) is 10.2 Å². The molecule has 0 heterocycles. The number of aromatic hydroxyl groups is 1. The lowest BCUT2D eigenvalue weighted by Gasteiger charge is -2.34. The SMILES string of the molecule is CCCC(O)(/C=C/c1ccc(C(CC)(CC)c2ccc(O)c(C)c2)cc1C)CC. The van der Waals surface area contributed by atoms with Gasteiger partial charge in [0.1, 0.15) is 5.75 Å². The van der Waals surface area contributed by atoms with Gasteiger partial charge in [0.05, 0.1) is 5.60 Å². The van der Waals surface area contributed by atoms with Crippen LogP contribution in [0.15, 0.2) is 42.5 Å². The molecular weight excluding hydrogens is 356 g/mol. The van der Waals surface area contributed by atoms with E-state index in [1.165, 1.54) is 16.7 Å². The van der Waals surface area contributed by atoms with Crippen LogP contribution < -0.4 is 0 Å². The van der Waals surface area contributed by atoms with Crippen molar-refractivity contribution in [2.24, 2.45) is 0 Å². The second kappa shape index (κ2) is 9.63. The maximum atomic E-state index is 10.7. The molecule has 2 N–H and O–H groups in total. The predicted octanol–water partition coefficient (Wildman–Crippen LogP) is 7.07. The number of hydrogen-bond acceptors (Lipinski definition) is 2. The lowest BCUT2D eigenvalue weighted by atomic mass is 9.70. The van der Waals surface area contributed by atoms with Crippen LogP contribution in [0.3, 0.4) is 0 Å². The Kier molecular flexibility index (Phi) is 7.71. The molecule has 2 nitrogen and oxygen atoms in total. The average Bonchev–Trinajstić information content (AvgIpc) is 2.71. The number of hydrogen-bond donors (Lipinski definition) is 2. The van der Waals surface area contributed by atoms with Gasteiger partial charge in [0.15, 0.2) is 0 Å². The summed E-state index contributed by atoms with van der Waals surface area (Å²) in [6.45, 7) is 12.7. The molecule has 29 heavy (non-hydrogen) atoms. The minimum Gasteiger partial charge on any atom is -0.508 e. The van der Waals surface area contributed by atoms with Gasteiger partial charge in [-0.05, 0) is 73.4 Å². The first-order valence-corrected chi connectivity index (χ1v) is 11.1. The Morgan fingerprint density at radius 3 is 1.90 bits per heavy atom. The highest BCUT2D eigenvalue weighted by Gasteiger charge is 2.31. The number of rotatable bonds is 9. The Bertz CT molecular complexity index is 846. The van der Waals surface area contributed by atoms with E-state index in [1.807, 2.05) is 26.0 Å². The second-order valence-corrected chi connectivity index (χ2v) is 8.40. The van der Waals surface area contributed by atoms with Crippen molar-refractivity contribution in [1.29, 1.82) is 0 Å². The smallest absolute Gasteiger partial charge is 0.118 e. The molecule has 0 saturated carbocycles. The monoisotopic (exact) mass is 394 g/mol. The summed E-state index contributed by atoms with van der Waals surface area (Å²) in [5.41, 5.74) is 5.05. The van der Waals surface area contributed by atoms with Crippen LogP contribution in [0, 0.1) is 13.8 Å². The van der Waals surface area contributed by atoms with E-state index in [2.05, 4.69) is 64.1 Å². The summed E-state index contributed by atoms with van der Waals surface area (Å²) in [6, 6.07) is 12.7. The molecule has 1 unspecified atom stereocenters. The van der Waals surface area contributed by atoms with Gasteiger partial charge >= 0.3 is 0 Å². The molecule has 0 radical (unpaired) electrons. The van der Waals surface area contributed by atoms with E-state index in [0.717, 1.165) is 43.2 Å². The van der Waals surface area contributed by atoms with Gasteiger partial charge in [-0.3, -0.25) is 0 Å². The fraction of sp³-hybridized carbons (Fsp3) is 0.481. The van der Waals surface area contributed by atoms with E-state index >= 15 is 0 Å². The largest absolute Gasteiger partial charge is 0.508 e. The maximum absolute atomic E-state index is 10.7. The molecule has 0 aromatic heterocycles. The molecule has 2 aromatic carbocycles. The predicted molar refractivity (Wildman–Crippen MR) is 125 cm³/mol. The van der Waals surface area contributed by atoms with Crippen molar-refractivity contribution < 1.29 is 10.2 Å². The molecule has 0 bridgehead atoms. The van der Waals surface area contributed by atoms with Gasteiger partial charge in [-0.25, -0.2) is 0 Å². The maximum Gasteiger partial charge on any atom is 0.118 e. The molecule has 2 heteroatoms. The summed E-state index contributed by atoms with van der Waals surface area (Å²) in [7, 11) is 0. The fourth-order valence-corrected chi connectivity index (χ4v) is 4.40. The summed E-state index contributed by atoms with van der Waals surface area (Å²) in [5, 5.41) is 20.7. The van der Waals surface area contributed by atoms with Crippen molar-refractivity contribution in [2.45, 2.75) is 84.7 Å². The number of benzene rings is 2. The van der Waals surface area contributed by atoms with E-state index in [0.29, 0.717) is 5.75 Å². The third-order valence-corrected chi connectivity index (χ3v) is 6.65. The molecular formula is C27H38O2. The van der Waals surface area contributed by atoms with Gasteiger partial charge in [0.25, 0.3) is 0 Å². The molecule has 0 spiro atoms. The minimum absolute atomic E-state index is 0.0716. The average molecular weight is 395 g/mol. The van der Waals surface area contributed by atoms with E-state index in [1.54, 1.807) is 0 Å². The van der Waals surface area contributed by atoms with Crippen molar-refractivity contribution >= 4 is 6.08 Å². The number of aryl methyl sites for hydroxylation is 2. The summed E-state index contributed by atoms with van der Waals surface area (Å²) in [6.07, 6.45) is 8.50. The molecule has 0 aliphatic rings. The van der Waals surface area contributed by atoms with Crippen LogP contribution in [-0.2, 0) is 5.41 Å². The van der Waals surface area contributed by atoms with Gasteiger partial charge in [-0.1, -0.05) is 76.6 Å². The highest BCUT2D eigenvalue weighted by Crippen LogP contribution is 2.40. The fourth-order valence-electron chi connectivity index (χ4n) is 4.40. The molecule has 2 rings (SSSR count). The number of phenolic OH excluding ortho intramolecular Hbond substituents is 1. The zero-order valence-electron chi connectivity index (χ0n) is 19.0. The van der Waals surface area contributed by atoms with Gasteiger partial charge in [-0.2, -0.15) is 0 Å². The van der Waals surface area contributed by atoms with Crippen LogP contribution in [0.25, 0.3) is 6.08 Å². The van der Waals surface area contributed by atoms with Crippen LogP contribution >= 0.6 is 0 Å². The van der Waals surface area contributed by atoms with Crippen LogP contribution in [0.2, 0.25) is 0 Å². The molecule has 2 aromatic rings. The Labute approximate surface area is 177 Å². The minimum atomic E-state index is -0.722. The van der Waals surface area contributed by atoms with E-state index < -0.39 is 5.60 Å². The van der Waals surface area contributed by atoms with Crippen molar-refractivity contribution in [1.82, 2.24) is 0 Å². The van der Waals surface area contributed by atoms with Gasteiger partial charge in [0, 0.05) is 5.41 Å². The van der Waals surface area contributed by atoms with Crippen LogP contribution in [-0.4, -0.2) is 15.8 Å². The van der Waals surface area contributed by atoms with Crippen molar-refractivity contribution in [3.8, 4) is 5.75 Å². The number of aliphatic hydroxyl groups is 1. The van der Waals surface area contributed by atoms with Gasteiger partial charge in [-0.15, -0.1) is 0 Å². The zero-order chi connectivity index (χ0) is 21.7. The highest BCUT2D eigenvalue weighted by molar-refractivity contribution is 5.57. The van der Waals surface area contributed by atoms with E-state index in [4.69, 9.17) is 0 Å². The first kappa shape index (κ1) is 23.2. The van der Waals surface area contributed by atoms with Gasteiger partial charge in [0.2, 0.25) is 0 Å². The quantitative estimate of drug-likeness (QED) is 0.477. The first-order valence-electron chi connectivity index (χ1n) is 11.1. The molecule has 0 amide bonds. The summed E-state index contributed by atoms with van der Waals surface area (Å²) in [5.74, 6) is 0.349. The van der Waals surface area contributed by atoms with Crippen molar-refractivity contribution in [3.05, 3.63) is 70.3 Å². The highest BCUT2D eigenvalue weighted by atomic mass is 16.3. The normalized spacial score (nSPS) is 14.3. The third-order valence-electron chi connectivity index (χ3n) is 6.65. The third kappa shape index (κ3) is 4.93. The lowest BCUT2D eigenvalue weighted by molar-refractivity contribution is 0.0775. The standard InChI is InChI=1S/C27H38O2/c1-7-16-26(29,8-2)17-15-22-11-12-23(18-20(22)5)27(9-3,10-4)24-13-14-25(28)21(6)19-24/h11-15,17-19,28-29H,7-10,16H2,1-6H3/b17-15+. The Morgan fingerprint density at radius 1 is 0.828 bits per heavy atom. The van der Waals surface area contributed by atoms with E-state index in [-0.39, 0.29) is 5.41 Å². The molecule has 0 aliphatic carbocycles. The number of phenols is 1. The Morgan fingerprint density at radius 2 is 1.41 bits per heavy atom. The van der Waals surface area contributed by atoms with Gasteiger partial charge < -0.3 is 10.2 Å². The van der Waals surface area contributed by atoms with Crippen LogP contribution in [0.1, 0.15) is 87.6 Å². The molecule has 0 fully saturated rings. The van der Waals surface area contributed by atoms with Crippen molar-refractivity contribution in [3.63, 3.8) is 0 Å². The molecule has 1 atom stereocenters. The second-order valence-electron chi connectivity index (χ2n) is 8.40. The topological polar surface area (TPSA) is 40.5 Å².